The molecule has 90 valence electrons. The van der Waals surface area contributed by atoms with Crippen molar-refractivity contribution in [1.29, 1.82) is 0 Å². The van der Waals surface area contributed by atoms with E-state index in [2.05, 4.69) is 51.6 Å². The van der Waals surface area contributed by atoms with Gasteiger partial charge in [0.05, 0.1) is 5.02 Å². The predicted octanol–water partition coefficient (Wildman–Crippen LogP) is 5.20. The first-order valence-electron chi connectivity index (χ1n) is 5.73. The molecule has 0 fully saturated rings. The number of benzene rings is 2. The normalized spacial score (nSPS) is 14.8. The average Bonchev–Trinajstić information content (AvgIpc) is 2.36. The Balaban J connectivity index is 2.11. The summed E-state index contributed by atoms with van der Waals surface area (Å²) in [7, 11) is 0. The Bertz CT molecular complexity index is 634. The molecule has 0 bridgehead atoms. The van der Waals surface area contributed by atoms with Gasteiger partial charge in [-0.2, -0.15) is 0 Å². The van der Waals surface area contributed by atoms with Gasteiger partial charge in [0.15, 0.2) is 0 Å². The number of anilines is 1. The number of rotatable bonds is 0. The van der Waals surface area contributed by atoms with Gasteiger partial charge in [-0.25, -0.2) is 0 Å². The summed E-state index contributed by atoms with van der Waals surface area (Å²) < 4.78 is 0.937. The van der Waals surface area contributed by atoms with E-state index in [1.165, 1.54) is 11.1 Å². The Morgan fingerprint density at radius 3 is 2.72 bits per heavy atom. The van der Waals surface area contributed by atoms with Crippen LogP contribution < -0.4 is 5.32 Å². The molecule has 0 aliphatic carbocycles. The molecule has 0 unspecified atom stereocenters. The minimum Gasteiger partial charge on any atom is -0.380 e. The van der Waals surface area contributed by atoms with E-state index in [1.807, 2.05) is 18.2 Å². The number of hydrogen-bond donors (Lipinski definition) is 1. The maximum absolute atomic E-state index is 6.14. The van der Waals surface area contributed by atoms with Gasteiger partial charge in [-0.1, -0.05) is 42.0 Å². The molecule has 3 heteroatoms. The first-order chi connectivity index (χ1) is 8.74. The number of halogens is 2. The first-order valence-corrected chi connectivity index (χ1v) is 6.90. The highest BCUT2D eigenvalue weighted by molar-refractivity contribution is 9.10. The van der Waals surface area contributed by atoms with Gasteiger partial charge < -0.3 is 5.32 Å². The van der Waals surface area contributed by atoms with E-state index in [1.54, 1.807) is 0 Å². The minimum absolute atomic E-state index is 0.743. The number of nitrogens with one attached hydrogen (secondary N) is 1. The molecule has 18 heavy (non-hydrogen) atoms. The fourth-order valence-corrected chi connectivity index (χ4v) is 2.65. The molecule has 2 aromatic rings. The third-order valence-electron chi connectivity index (χ3n) is 3.05. The molecule has 0 amide bonds. The van der Waals surface area contributed by atoms with Crippen LogP contribution in [0, 0.1) is 0 Å². The Morgan fingerprint density at radius 1 is 1.06 bits per heavy atom. The minimum atomic E-state index is 0.743. The van der Waals surface area contributed by atoms with Gasteiger partial charge in [0.25, 0.3) is 0 Å². The highest BCUT2D eigenvalue weighted by Gasteiger charge is 2.08. The molecule has 1 aliphatic heterocycles. The lowest BCUT2D eigenvalue weighted by atomic mass is 10.0. The topological polar surface area (TPSA) is 12.0 Å². The van der Waals surface area contributed by atoms with Crippen LogP contribution in [0.5, 0.6) is 0 Å². The summed E-state index contributed by atoms with van der Waals surface area (Å²) >= 11 is 9.61. The average molecular weight is 321 g/mol. The van der Waals surface area contributed by atoms with E-state index >= 15 is 0 Å². The van der Waals surface area contributed by atoms with Crippen LogP contribution in [0.3, 0.4) is 0 Å². The lowest BCUT2D eigenvalue weighted by Gasteiger charge is -2.15. The Hall–Kier alpha value is -1.25. The quantitative estimate of drug-likeness (QED) is 0.703. The molecule has 0 saturated carbocycles. The second-order valence-corrected chi connectivity index (χ2v) is 5.50. The van der Waals surface area contributed by atoms with E-state index < -0.39 is 0 Å². The van der Waals surface area contributed by atoms with Crippen LogP contribution in [-0.4, -0.2) is 0 Å². The van der Waals surface area contributed by atoms with Crippen molar-refractivity contribution in [2.24, 2.45) is 0 Å². The van der Waals surface area contributed by atoms with Crippen molar-refractivity contribution in [2.75, 3.05) is 5.32 Å². The zero-order valence-corrected chi connectivity index (χ0v) is 11.9. The summed E-state index contributed by atoms with van der Waals surface area (Å²) in [6, 6.07) is 12.3. The van der Waals surface area contributed by atoms with Crippen LogP contribution in [0.4, 0.5) is 5.69 Å². The van der Waals surface area contributed by atoms with Gasteiger partial charge in [0.1, 0.15) is 0 Å². The highest BCUT2D eigenvalue weighted by atomic mass is 79.9. The fraction of sp³-hybridized carbons (Fsp3) is 0.0667. The third-order valence-corrected chi connectivity index (χ3v) is 4.25. The van der Waals surface area contributed by atoms with Crippen LogP contribution in [0.15, 0.2) is 40.9 Å². The Kier molecular flexibility index (Phi) is 3.14. The standard InChI is InChI=1S/C15H11BrClN/c16-13-7-12-9-18-15-4-2-1-3-10(15)5-6-11(12)8-14(13)17/h1-8,18H,9H2/b6-5-. The molecule has 1 N–H and O–H groups in total. The molecule has 0 aromatic heterocycles. The van der Waals surface area contributed by atoms with Crippen LogP contribution in [0.1, 0.15) is 16.7 Å². The van der Waals surface area contributed by atoms with Gasteiger partial charge in [-0.15, -0.1) is 0 Å². The molecule has 3 rings (SSSR count). The lowest BCUT2D eigenvalue weighted by Crippen LogP contribution is -2.04. The summed E-state index contributed by atoms with van der Waals surface area (Å²) in [6.45, 7) is 0.798. The second-order valence-electron chi connectivity index (χ2n) is 4.24. The zero-order valence-electron chi connectivity index (χ0n) is 9.58. The molecule has 0 saturated heterocycles. The largest absolute Gasteiger partial charge is 0.380 e. The molecule has 0 radical (unpaired) electrons. The van der Waals surface area contributed by atoms with Crippen LogP contribution in [0.25, 0.3) is 12.2 Å². The number of fused-ring (bicyclic) bond motifs is 2. The monoisotopic (exact) mass is 319 g/mol. The van der Waals surface area contributed by atoms with Crippen molar-refractivity contribution in [3.63, 3.8) is 0 Å². The Labute approximate surface area is 120 Å². The van der Waals surface area contributed by atoms with E-state index in [0.29, 0.717) is 0 Å². The Morgan fingerprint density at radius 2 is 1.83 bits per heavy atom. The molecule has 0 spiro atoms. The van der Waals surface area contributed by atoms with E-state index in [9.17, 15) is 0 Å². The molecule has 1 nitrogen and oxygen atoms in total. The van der Waals surface area contributed by atoms with E-state index in [0.717, 1.165) is 27.3 Å². The summed E-state index contributed by atoms with van der Waals surface area (Å²) in [4.78, 5) is 0. The molecular formula is C15H11BrClN. The summed E-state index contributed by atoms with van der Waals surface area (Å²) in [6.07, 6.45) is 4.23. The smallest absolute Gasteiger partial charge is 0.0554 e. The van der Waals surface area contributed by atoms with Crippen LogP contribution >= 0.6 is 27.5 Å². The molecular weight excluding hydrogens is 310 g/mol. The van der Waals surface area contributed by atoms with Gasteiger partial charge in [0, 0.05) is 16.7 Å². The number of para-hydroxylation sites is 1. The van der Waals surface area contributed by atoms with Gasteiger partial charge >= 0.3 is 0 Å². The summed E-state index contributed by atoms with van der Waals surface area (Å²) in [5.74, 6) is 0. The van der Waals surface area contributed by atoms with Crippen molar-refractivity contribution < 1.29 is 0 Å². The second kappa shape index (κ2) is 4.79. The summed E-state index contributed by atoms with van der Waals surface area (Å²) in [5, 5.41) is 4.20. The SMILES string of the molecule is Clc1cc2c(cc1Br)CNc1ccccc1/C=C\2. The predicted molar refractivity (Wildman–Crippen MR) is 81.8 cm³/mol. The maximum Gasteiger partial charge on any atom is 0.0554 e. The van der Waals surface area contributed by atoms with Crippen molar-refractivity contribution in [3.8, 4) is 0 Å². The molecule has 2 aromatic carbocycles. The first kappa shape index (κ1) is 11.8. The van der Waals surface area contributed by atoms with Gasteiger partial charge in [-0.05, 0) is 50.8 Å². The van der Waals surface area contributed by atoms with Crippen molar-refractivity contribution in [2.45, 2.75) is 6.54 Å². The zero-order chi connectivity index (χ0) is 12.5. The van der Waals surface area contributed by atoms with Crippen molar-refractivity contribution in [3.05, 3.63) is 62.6 Å². The van der Waals surface area contributed by atoms with Crippen LogP contribution in [0.2, 0.25) is 5.02 Å². The van der Waals surface area contributed by atoms with Gasteiger partial charge in [0.2, 0.25) is 0 Å². The van der Waals surface area contributed by atoms with Gasteiger partial charge in [-0.3, -0.25) is 0 Å². The highest BCUT2D eigenvalue weighted by Crippen LogP contribution is 2.30. The van der Waals surface area contributed by atoms with Crippen molar-refractivity contribution in [1.82, 2.24) is 0 Å². The fourth-order valence-electron chi connectivity index (χ4n) is 2.08. The van der Waals surface area contributed by atoms with E-state index in [4.69, 9.17) is 11.6 Å². The van der Waals surface area contributed by atoms with Crippen LogP contribution in [-0.2, 0) is 6.54 Å². The molecule has 1 heterocycles. The van der Waals surface area contributed by atoms with Crippen molar-refractivity contribution >= 4 is 45.4 Å². The van der Waals surface area contributed by atoms with E-state index in [-0.39, 0.29) is 0 Å². The summed E-state index contributed by atoms with van der Waals surface area (Å²) in [5.41, 5.74) is 4.75. The number of hydrogen-bond acceptors (Lipinski definition) is 1. The lowest BCUT2D eigenvalue weighted by molar-refractivity contribution is 1.13. The maximum atomic E-state index is 6.14. The third kappa shape index (κ3) is 2.18. The molecule has 1 aliphatic rings. The molecule has 0 atom stereocenters.